The highest BCUT2D eigenvalue weighted by Crippen LogP contribution is 2.46. The quantitative estimate of drug-likeness (QED) is 0.748. The third-order valence-electron chi connectivity index (χ3n) is 4.25. The Morgan fingerprint density at radius 1 is 1.40 bits per heavy atom. The van der Waals surface area contributed by atoms with Gasteiger partial charge in [-0.15, -0.1) is 0 Å². The first-order valence-corrected chi connectivity index (χ1v) is 6.02. The molecule has 1 unspecified atom stereocenters. The lowest BCUT2D eigenvalue weighted by Gasteiger charge is -2.51. The molecule has 3 nitrogen and oxygen atoms in total. The van der Waals surface area contributed by atoms with E-state index >= 15 is 0 Å². The maximum Gasteiger partial charge on any atom is 0.0737 e. The van der Waals surface area contributed by atoms with Crippen LogP contribution in [0.5, 0.6) is 0 Å². The van der Waals surface area contributed by atoms with Crippen LogP contribution in [0.25, 0.3) is 0 Å². The van der Waals surface area contributed by atoms with Crippen molar-refractivity contribution in [3.05, 3.63) is 0 Å². The van der Waals surface area contributed by atoms with E-state index in [0.29, 0.717) is 6.54 Å². The van der Waals surface area contributed by atoms with Crippen LogP contribution >= 0.6 is 0 Å². The summed E-state index contributed by atoms with van der Waals surface area (Å²) in [6.07, 6.45) is 2.53. The molecule has 0 bridgehead atoms. The molecule has 1 heterocycles. The third-order valence-corrected chi connectivity index (χ3v) is 4.25. The fraction of sp³-hybridized carbons (Fsp3) is 1.00. The van der Waals surface area contributed by atoms with E-state index < -0.39 is 5.60 Å². The van der Waals surface area contributed by atoms with Crippen LogP contribution in [0.2, 0.25) is 0 Å². The van der Waals surface area contributed by atoms with Gasteiger partial charge >= 0.3 is 0 Å². The molecule has 0 saturated carbocycles. The highest BCUT2D eigenvalue weighted by atomic mass is 16.5. The van der Waals surface area contributed by atoms with Gasteiger partial charge in [-0.3, -0.25) is 0 Å². The van der Waals surface area contributed by atoms with Crippen LogP contribution in [0.1, 0.15) is 40.0 Å². The van der Waals surface area contributed by atoms with Gasteiger partial charge in [-0.2, -0.15) is 0 Å². The Morgan fingerprint density at radius 2 is 1.93 bits per heavy atom. The minimum atomic E-state index is -0.647. The van der Waals surface area contributed by atoms with Crippen LogP contribution in [0, 0.1) is 11.3 Å². The summed E-state index contributed by atoms with van der Waals surface area (Å²) in [5, 5.41) is 10.8. The van der Waals surface area contributed by atoms with Crippen LogP contribution in [0.15, 0.2) is 0 Å². The van der Waals surface area contributed by atoms with Gasteiger partial charge in [0.05, 0.1) is 5.60 Å². The van der Waals surface area contributed by atoms with E-state index in [1.807, 2.05) is 6.92 Å². The lowest BCUT2D eigenvalue weighted by atomic mass is 9.61. The minimum absolute atomic E-state index is 0.145. The SMILES string of the molecule is CCC(O)(C(C)C)C1(CN)CCOCC1. The Balaban J connectivity index is 2.95. The highest BCUT2D eigenvalue weighted by Gasteiger charge is 2.50. The molecule has 0 aromatic rings. The molecule has 1 aliphatic rings. The predicted molar refractivity (Wildman–Crippen MR) is 61.6 cm³/mol. The van der Waals surface area contributed by atoms with Crippen molar-refractivity contribution < 1.29 is 9.84 Å². The molecule has 0 aromatic carbocycles. The molecule has 1 aliphatic heterocycles. The molecule has 1 rings (SSSR count). The molecule has 1 fully saturated rings. The standard InChI is InChI=1S/C12H25NO2/c1-4-12(14,10(2)3)11(9-13)5-7-15-8-6-11/h10,14H,4-9,13H2,1-3H3. The fourth-order valence-electron chi connectivity index (χ4n) is 2.97. The van der Waals surface area contributed by atoms with Crippen molar-refractivity contribution in [2.45, 2.75) is 45.6 Å². The molecule has 1 atom stereocenters. The van der Waals surface area contributed by atoms with Gasteiger partial charge in [0.1, 0.15) is 0 Å². The summed E-state index contributed by atoms with van der Waals surface area (Å²) in [6, 6.07) is 0. The lowest BCUT2D eigenvalue weighted by Crippen LogP contribution is -2.57. The predicted octanol–water partition coefficient (Wildman–Crippen LogP) is 1.54. The van der Waals surface area contributed by atoms with E-state index in [1.165, 1.54) is 0 Å². The van der Waals surface area contributed by atoms with E-state index in [-0.39, 0.29) is 11.3 Å². The number of aliphatic hydroxyl groups is 1. The third kappa shape index (κ3) is 2.05. The molecule has 3 heteroatoms. The molecule has 0 aromatic heterocycles. The van der Waals surface area contributed by atoms with Crippen molar-refractivity contribution in [1.82, 2.24) is 0 Å². The number of hydrogen-bond donors (Lipinski definition) is 2. The minimum Gasteiger partial charge on any atom is -0.389 e. The average Bonchev–Trinajstić information content (AvgIpc) is 2.28. The molecule has 0 spiro atoms. The second-order valence-electron chi connectivity index (χ2n) is 5.03. The summed E-state index contributed by atoms with van der Waals surface area (Å²) in [5.74, 6) is 0.240. The van der Waals surface area contributed by atoms with Gasteiger partial charge in [0.15, 0.2) is 0 Å². The van der Waals surface area contributed by atoms with Crippen LogP contribution in [0.3, 0.4) is 0 Å². The molecule has 0 aliphatic carbocycles. The number of ether oxygens (including phenoxy) is 1. The first-order valence-electron chi connectivity index (χ1n) is 6.02. The zero-order chi connectivity index (χ0) is 11.5. The topological polar surface area (TPSA) is 55.5 Å². The molecule has 15 heavy (non-hydrogen) atoms. The van der Waals surface area contributed by atoms with Crippen LogP contribution < -0.4 is 5.73 Å². The van der Waals surface area contributed by atoms with Crippen molar-refractivity contribution >= 4 is 0 Å². The number of nitrogens with two attached hydrogens (primary N) is 1. The van der Waals surface area contributed by atoms with Crippen LogP contribution in [-0.4, -0.2) is 30.5 Å². The van der Waals surface area contributed by atoms with Crippen molar-refractivity contribution in [1.29, 1.82) is 0 Å². The first-order chi connectivity index (χ1) is 7.02. The summed E-state index contributed by atoms with van der Waals surface area (Å²) < 4.78 is 5.38. The van der Waals surface area contributed by atoms with Crippen molar-refractivity contribution in [2.24, 2.45) is 17.1 Å². The van der Waals surface area contributed by atoms with Gasteiger partial charge in [0, 0.05) is 25.2 Å². The normalized spacial score (nSPS) is 25.2. The molecule has 0 amide bonds. The zero-order valence-corrected chi connectivity index (χ0v) is 10.3. The van der Waals surface area contributed by atoms with Crippen LogP contribution in [0.4, 0.5) is 0 Å². The van der Waals surface area contributed by atoms with Gasteiger partial charge in [0.25, 0.3) is 0 Å². The van der Waals surface area contributed by atoms with E-state index in [9.17, 15) is 5.11 Å². The lowest BCUT2D eigenvalue weighted by molar-refractivity contribution is -0.155. The summed E-state index contributed by atoms with van der Waals surface area (Å²) in [5.41, 5.74) is 5.13. The van der Waals surface area contributed by atoms with Crippen molar-refractivity contribution in [3.63, 3.8) is 0 Å². The Labute approximate surface area is 93.0 Å². The summed E-state index contributed by atoms with van der Waals surface area (Å²) in [6.45, 7) is 8.22. The molecule has 0 radical (unpaired) electrons. The monoisotopic (exact) mass is 215 g/mol. The molecular weight excluding hydrogens is 190 g/mol. The molecule has 3 N–H and O–H groups in total. The van der Waals surface area contributed by atoms with E-state index in [0.717, 1.165) is 32.5 Å². The molecular formula is C12H25NO2. The summed E-state index contributed by atoms with van der Waals surface area (Å²) in [7, 11) is 0. The largest absolute Gasteiger partial charge is 0.389 e. The van der Waals surface area contributed by atoms with E-state index in [1.54, 1.807) is 0 Å². The Bertz CT molecular complexity index is 200. The number of hydrogen-bond acceptors (Lipinski definition) is 3. The summed E-state index contributed by atoms with van der Waals surface area (Å²) in [4.78, 5) is 0. The Morgan fingerprint density at radius 3 is 2.27 bits per heavy atom. The Kier molecular flexibility index (Phi) is 4.15. The molecule has 1 saturated heterocycles. The first kappa shape index (κ1) is 12.9. The van der Waals surface area contributed by atoms with Gasteiger partial charge in [-0.25, -0.2) is 0 Å². The smallest absolute Gasteiger partial charge is 0.0737 e. The Hall–Kier alpha value is -0.120. The van der Waals surface area contributed by atoms with E-state index in [4.69, 9.17) is 10.5 Å². The van der Waals surface area contributed by atoms with Gasteiger partial charge in [-0.05, 0) is 25.2 Å². The zero-order valence-electron chi connectivity index (χ0n) is 10.3. The molecule has 90 valence electrons. The van der Waals surface area contributed by atoms with Crippen LogP contribution in [-0.2, 0) is 4.74 Å². The second-order valence-corrected chi connectivity index (χ2v) is 5.03. The maximum absolute atomic E-state index is 10.8. The van der Waals surface area contributed by atoms with Crippen molar-refractivity contribution in [3.8, 4) is 0 Å². The summed E-state index contributed by atoms with van der Waals surface area (Å²) >= 11 is 0. The maximum atomic E-state index is 10.8. The van der Waals surface area contributed by atoms with Gasteiger partial charge in [-0.1, -0.05) is 20.8 Å². The van der Waals surface area contributed by atoms with Gasteiger partial charge in [0.2, 0.25) is 0 Å². The van der Waals surface area contributed by atoms with Gasteiger partial charge < -0.3 is 15.6 Å². The second kappa shape index (κ2) is 4.81. The highest BCUT2D eigenvalue weighted by molar-refractivity contribution is 5.01. The number of rotatable bonds is 4. The fourth-order valence-corrected chi connectivity index (χ4v) is 2.97. The van der Waals surface area contributed by atoms with E-state index in [2.05, 4.69) is 13.8 Å². The van der Waals surface area contributed by atoms with Crippen molar-refractivity contribution in [2.75, 3.05) is 19.8 Å². The average molecular weight is 215 g/mol.